The molecule has 1 saturated carbocycles. The average molecular weight is 267 g/mol. The molecule has 0 bridgehead atoms. The molecular weight excluding hydrogens is 246 g/mol. The van der Waals surface area contributed by atoms with E-state index in [0.717, 1.165) is 30.7 Å². The fourth-order valence-corrected chi connectivity index (χ4v) is 3.97. The zero-order chi connectivity index (χ0) is 13.2. The Balaban J connectivity index is 2.41. The van der Waals surface area contributed by atoms with Gasteiger partial charge in [0, 0.05) is 19.3 Å². The van der Waals surface area contributed by atoms with Gasteiger partial charge in [-0.2, -0.15) is 0 Å². The van der Waals surface area contributed by atoms with Crippen LogP contribution >= 0.6 is 0 Å². The predicted molar refractivity (Wildman–Crippen MR) is 75.6 cm³/mol. The van der Waals surface area contributed by atoms with Crippen LogP contribution in [0.15, 0.2) is 33.5 Å². The van der Waals surface area contributed by atoms with Crippen molar-refractivity contribution in [3.05, 3.63) is 24.3 Å². The van der Waals surface area contributed by atoms with Crippen molar-refractivity contribution >= 4 is 15.6 Å². The number of nitrogen functional groups attached to an aromatic ring is 1. The van der Waals surface area contributed by atoms with E-state index in [9.17, 15) is 4.21 Å². The molecule has 5 heteroatoms. The zero-order valence-electron chi connectivity index (χ0n) is 11.0. The molecule has 1 fully saturated rings. The molecule has 1 atom stereocenters. The Labute approximate surface area is 109 Å². The summed E-state index contributed by atoms with van der Waals surface area (Å²) >= 11 is 0. The highest BCUT2D eigenvalue weighted by atomic mass is 32.2. The molecule has 0 spiro atoms. The third kappa shape index (κ3) is 2.84. The van der Waals surface area contributed by atoms with E-state index in [2.05, 4.69) is 11.3 Å². The molecule has 1 unspecified atom stereocenters. The predicted octanol–water partition coefficient (Wildman–Crippen LogP) is 2.51. The molecule has 1 aliphatic rings. The summed E-state index contributed by atoms with van der Waals surface area (Å²) in [6.45, 7) is 2.86. The fraction of sp³-hybridized carbons (Fsp3) is 0.538. The van der Waals surface area contributed by atoms with Gasteiger partial charge in [0.15, 0.2) is 0 Å². The summed E-state index contributed by atoms with van der Waals surface area (Å²) in [4.78, 5) is 0.763. The molecule has 0 amide bonds. The van der Waals surface area contributed by atoms with Crippen LogP contribution in [0.3, 0.4) is 0 Å². The first kappa shape index (κ1) is 13.4. The summed E-state index contributed by atoms with van der Waals surface area (Å²) in [5.74, 6) is 0. The van der Waals surface area contributed by atoms with Gasteiger partial charge in [0.05, 0.1) is 10.9 Å². The quantitative estimate of drug-likeness (QED) is 0.833. The Morgan fingerprint density at radius 2 is 2.00 bits per heavy atom. The van der Waals surface area contributed by atoms with Gasteiger partial charge < -0.3 is 5.73 Å². The highest BCUT2D eigenvalue weighted by molar-refractivity contribution is 7.91. The van der Waals surface area contributed by atoms with E-state index in [-0.39, 0.29) is 6.04 Å². The Morgan fingerprint density at radius 3 is 2.50 bits per heavy atom. The summed E-state index contributed by atoms with van der Waals surface area (Å²) in [7, 11) is -0.576. The number of hydrogen-bond acceptors (Lipinski definition) is 3. The van der Waals surface area contributed by atoms with Crippen LogP contribution < -0.4 is 5.73 Å². The van der Waals surface area contributed by atoms with Gasteiger partial charge in [0.25, 0.3) is 0 Å². The topological polar surface area (TPSA) is 58.7 Å². The Hall–Kier alpha value is -1.07. The highest BCUT2D eigenvalue weighted by Gasteiger charge is 2.27. The van der Waals surface area contributed by atoms with Crippen molar-refractivity contribution in [1.29, 1.82) is 0 Å². The van der Waals surface area contributed by atoms with Crippen LogP contribution in [0, 0.1) is 0 Å². The summed E-state index contributed by atoms with van der Waals surface area (Å²) in [5.41, 5.74) is 6.37. The van der Waals surface area contributed by atoms with Crippen molar-refractivity contribution in [2.24, 2.45) is 4.36 Å². The third-order valence-corrected chi connectivity index (χ3v) is 5.48. The highest BCUT2D eigenvalue weighted by Crippen LogP contribution is 2.29. The summed E-state index contributed by atoms with van der Waals surface area (Å²) in [6, 6.07) is 7.51. The maximum atomic E-state index is 13.2. The molecule has 0 aromatic heterocycles. The third-order valence-electron chi connectivity index (χ3n) is 2.99. The fourth-order valence-electron chi connectivity index (χ4n) is 1.79. The number of anilines is 1. The van der Waals surface area contributed by atoms with Crippen LogP contribution in [-0.4, -0.2) is 28.1 Å². The van der Waals surface area contributed by atoms with E-state index in [1.807, 2.05) is 23.5 Å². The standard InChI is InChI=1S/C13H21N3OS/c1-3-10-16(2)18(17,15-12-6-7-12)13-8-4-11(14)5-9-13/h4-5,8-9,12H,3,6-7,10,14H2,1-2H3. The zero-order valence-corrected chi connectivity index (χ0v) is 11.8. The van der Waals surface area contributed by atoms with Crippen molar-refractivity contribution in [3.63, 3.8) is 0 Å². The van der Waals surface area contributed by atoms with Gasteiger partial charge in [-0.1, -0.05) is 6.92 Å². The van der Waals surface area contributed by atoms with Gasteiger partial charge >= 0.3 is 0 Å². The Kier molecular flexibility index (Phi) is 3.92. The van der Waals surface area contributed by atoms with E-state index in [1.54, 1.807) is 12.1 Å². The van der Waals surface area contributed by atoms with Crippen LogP contribution in [0.25, 0.3) is 0 Å². The minimum atomic E-state index is -2.46. The molecule has 100 valence electrons. The number of hydrogen-bond donors (Lipinski definition) is 1. The Morgan fingerprint density at radius 1 is 1.39 bits per heavy atom. The monoisotopic (exact) mass is 267 g/mol. The minimum Gasteiger partial charge on any atom is -0.399 e. The van der Waals surface area contributed by atoms with Crippen LogP contribution in [0.4, 0.5) is 5.69 Å². The molecule has 0 saturated heterocycles. The average Bonchev–Trinajstić information content (AvgIpc) is 3.14. The van der Waals surface area contributed by atoms with Crippen molar-refractivity contribution in [3.8, 4) is 0 Å². The number of nitrogens with zero attached hydrogens (tertiary/aromatic N) is 2. The lowest BCUT2D eigenvalue weighted by atomic mass is 10.3. The molecule has 1 aromatic carbocycles. The van der Waals surface area contributed by atoms with Gasteiger partial charge in [-0.15, -0.1) is 0 Å². The maximum absolute atomic E-state index is 13.2. The molecule has 0 aliphatic heterocycles. The first-order valence-electron chi connectivity index (χ1n) is 6.39. The Bertz CT molecular complexity index is 514. The van der Waals surface area contributed by atoms with E-state index in [4.69, 9.17) is 5.73 Å². The van der Waals surface area contributed by atoms with Crippen LogP contribution in [-0.2, 0) is 9.92 Å². The van der Waals surface area contributed by atoms with E-state index < -0.39 is 9.92 Å². The molecule has 1 aliphatic carbocycles. The van der Waals surface area contributed by atoms with E-state index in [0.29, 0.717) is 5.69 Å². The number of benzene rings is 1. The van der Waals surface area contributed by atoms with Crippen molar-refractivity contribution in [2.45, 2.75) is 37.1 Å². The van der Waals surface area contributed by atoms with Gasteiger partial charge in [-0.3, -0.25) is 0 Å². The van der Waals surface area contributed by atoms with Crippen LogP contribution in [0.5, 0.6) is 0 Å². The summed E-state index contributed by atoms with van der Waals surface area (Å²) in [6.07, 6.45) is 3.08. The molecule has 0 heterocycles. The second kappa shape index (κ2) is 5.28. The van der Waals surface area contributed by atoms with E-state index >= 15 is 0 Å². The van der Waals surface area contributed by atoms with Gasteiger partial charge in [0.2, 0.25) is 0 Å². The lowest BCUT2D eigenvalue weighted by Gasteiger charge is -2.21. The van der Waals surface area contributed by atoms with Crippen LogP contribution in [0.2, 0.25) is 0 Å². The number of rotatable bonds is 5. The maximum Gasteiger partial charge on any atom is 0.139 e. The van der Waals surface area contributed by atoms with Gasteiger partial charge in [0.1, 0.15) is 9.92 Å². The molecule has 4 nitrogen and oxygen atoms in total. The lowest BCUT2D eigenvalue weighted by molar-refractivity contribution is 0.509. The second-order valence-electron chi connectivity index (χ2n) is 4.75. The van der Waals surface area contributed by atoms with Gasteiger partial charge in [-0.25, -0.2) is 12.9 Å². The summed E-state index contributed by atoms with van der Waals surface area (Å²) in [5, 5.41) is 0. The largest absolute Gasteiger partial charge is 0.399 e. The number of nitrogens with two attached hydrogens (primary N) is 1. The molecule has 2 N–H and O–H groups in total. The first-order valence-corrected chi connectivity index (χ1v) is 7.86. The molecule has 1 aromatic rings. The van der Waals surface area contributed by atoms with E-state index in [1.165, 1.54) is 0 Å². The second-order valence-corrected chi connectivity index (χ2v) is 7.05. The van der Waals surface area contributed by atoms with Crippen molar-refractivity contribution in [1.82, 2.24) is 4.31 Å². The normalized spacial score (nSPS) is 18.6. The smallest absolute Gasteiger partial charge is 0.139 e. The molecule has 2 rings (SSSR count). The van der Waals surface area contributed by atoms with Crippen molar-refractivity contribution < 1.29 is 4.21 Å². The van der Waals surface area contributed by atoms with Crippen LogP contribution in [0.1, 0.15) is 26.2 Å². The first-order chi connectivity index (χ1) is 8.56. The van der Waals surface area contributed by atoms with Crippen molar-refractivity contribution in [2.75, 3.05) is 19.3 Å². The van der Waals surface area contributed by atoms with Gasteiger partial charge in [-0.05, 0) is 43.5 Å². The lowest BCUT2D eigenvalue weighted by Crippen LogP contribution is -2.28. The molecule has 0 radical (unpaired) electrons. The summed E-state index contributed by atoms with van der Waals surface area (Å²) < 4.78 is 19.6. The minimum absolute atomic E-state index is 0.273. The molecule has 18 heavy (non-hydrogen) atoms. The SMILES string of the molecule is CCCN(C)S(=O)(=NC1CC1)c1ccc(N)cc1. The molecular formula is C13H21N3OS.